The maximum absolute atomic E-state index is 11.3. The maximum Gasteiger partial charge on any atom is 0.313 e. The molecule has 0 aliphatic heterocycles. The van der Waals surface area contributed by atoms with Gasteiger partial charge in [-0.1, -0.05) is 13.3 Å². The van der Waals surface area contributed by atoms with E-state index in [9.17, 15) is 14.7 Å². The Morgan fingerprint density at radius 3 is 2.40 bits per heavy atom. The molecular formula is C11H20O4. The molecule has 0 spiro atoms. The number of aliphatic hydroxyl groups excluding tert-OH is 1. The molecule has 0 rings (SSSR count). The molecule has 0 amide bonds. The molecule has 0 heterocycles. The summed E-state index contributed by atoms with van der Waals surface area (Å²) >= 11 is 0. The lowest BCUT2D eigenvalue weighted by Crippen LogP contribution is -2.19. The Morgan fingerprint density at radius 1 is 1.33 bits per heavy atom. The zero-order valence-electron chi connectivity index (χ0n) is 9.66. The molecule has 0 aromatic carbocycles. The number of esters is 1. The number of ketones is 1. The number of rotatable bonds is 7. The fourth-order valence-corrected chi connectivity index (χ4v) is 1.24. The Morgan fingerprint density at radius 2 is 1.93 bits per heavy atom. The smallest absolute Gasteiger partial charge is 0.313 e. The van der Waals surface area contributed by atoms with Crippen LogP contribution in [-0.4, -0.2) is 29.1 Å². The van der Waals surface area contributed by atoms with Crippen molar-refractivity contribution in [3.8, 4) is 0 Å². The molecule has 88 valence electrons. The van der Waals surface area contributed by atoms with Gasteiger partial charge in [0.05, 0.1) is 12.2 Å². The summed E-state index contributed by atoms with van der Waals surface area (Å²) in [5.41, 5.74) is 0. The van der Waals surface area contributed by atoms with Crippen molar-refractivity contribution in [3.63, 3.8) is 0 Å². The summed E-state index contributed by atoms with van der Waals surface area (Å²) in [5, 5.41) is 9.34. The van der Waals surface area contributed by atoms with Crippen LogP contribution >= 0.6 is 0 Å². The standard InChI is InChI=1S/C11H20O4/c1-4-5-9(12)6-10(13)7-11(14)15-8(2)3/h8-9,12H,4-7H2,1-3H3. The largest absolute Gasteiger partial charge is 0.463 e. The molecule has 0 saturated carbocycles. The van der Waals surface area contributed by atoms with Gasteiger partial charge in [0, 0.05) is 6.42 Å². The highest BCUT2D eigenvalue weighted by molar-refractivity contribution is 5.95. The molecule has 0 aliphatic rings. The van der Waals surface area contributed by atoms with Gasteiger partial charge in [0.25, 0.3) is 0 Å². The van der Waals surface area contributed by atoms with Crippen molar-refractivity contribution in [1.29, 1.82) is 0 Å². The van der Waals surface area contributed by atoms with E-state index in [-0.39, 0.29) is 24.7 Å². The second kappa shape index (κ2) is 7.40. The second-order valence-corrected chi connectivity index (χ2v) is 3.90. The quantitative estimate of drug-likeness (QED) is 0.516. The first kappa shape index (κ1) is 14.1. The summed E-state index contributed by atoms with van der Waals surface area (Å²) in [6.07, 6.45) is 0.385. The predicted molar refractivity (Wildman–Crippen MR) is 56.4 cm³/mol. The molecular weight excluding hydrogens is 196 g/mol. The topological polar surface area (TPSA) is 63.6 Å². The monoisotopic (exact) mass is 216 g/mol. The van der Waals surface area contributed by atoms with E-state index in [2.05, 4.69) is 0 Å². The van der Waals surface area contributed by atoms with Gasteiger partial charge in [0.1, 0.15) is 12.2 Å². The molecule has 1 unspecified atom stereocenters. The van der Waals surface area contributed by atoms with E-state index in [0.29, 0.717) is 6.42 Å². The third-order valence-electron chi connectivity index (χ3n) is 1.79. The van der Waals surface area contributed by atoms with Crippen molar-refractivity contribution in [2.24, 2.45) is 0 Å². The van der Waals surface area contributed by atoms with Crippen LogP contribution in [0.3, 0.4) is 0 Å². The van der Waals surface area contributed by atoms with E-state index >= 15 is 0 Å². The molecule has 1 atom stereocenters. The van der Waals surface area contributed by atoms with Gasteiger partial charge < -0.3 is 9.84 Å². The van der Waals surface area contributed by atoms with E-state index in [4.69, 9.17) is 4.74 Å². The van der Waals surface area contributed by atoms with Crippen LogP contribution in [-0.2, 0) is 14.3 Å². The lowest BCUT2D eigenvalue weighted by molar-refractivity contribution is -0.149. The van der Waals surface area contributed by atoms with Gasteiger partial charge >= 0.3 is 5.97 Å². The first-order valence-electron chi connectivity index (χ1n) is 5.35. The summed E-state index contributed by atoms with van der Waals surface area (Å²) in [5.74, 6) is -0.778. The Balaban J connectivity index is 3.78. The van der Waals surface area contributed by atoms with Crippen molar-refractivity contribution in [2.75, 3.05) is 0 Å². The summed E-state index contributed by atoms with van der Waals surface area (Å²) in [4.78, 5) is 22.3. The number of hydrogen-bond acceptors (Lipinski definition) is 4. The van der Waals surface area contributed by atoms with Crippen molar-refractivity contribution in [2.45, 2.75) is 58.7 Å². The molecule has 15 heavy (non-hydrogen) atoms. The van der Waals surface area contributed by atoms with Crippen molar-refractivity contribution in [1.82, 2.24) is 0 Å². The molecule has 0 saturated heterocycles. The predicted octanol–water partition coefficient (Wildman–Crippen LogP) is 1.45. The Bertz CT molecular complexity index is 211. The van der Waals surface area contributed by atoms with Crippen LogP contribution < -0.4 is 0 Å². The minimum atomic E-state index is -0.630. The first-order chi connectivity index (χ1) is 6.95. The van der Waals surface area contributed by atoms with Crippen LogP contribution in [0.25, 0.3) is 0 Å². The van der Waals surface area contributed by atoms with Crippen molar-refractivity contribution < 1.29 is 19.4 Å². The molecule has 0 radical (unpaired) electrons. The number of carbonyl (C=O) groups excluding carboxylic acids is 2. The van der Waals surface area contributed by atoms with Crippen molar-refractivity contribution in [3.05, 3.63) is 0 Å². The second-order valence-electron chi connectivity index (χ2n) is 3.90. The van der Waals surface area contributed by atoms with Gasteiger partial charge in [-0.2, -0.15) is 0 Å². The Kier molecular flexibility index (Phi) is 6.96. The molecule has 0 bridgehead atoms. The molecule has 0 aromatic heterocycles. The third-order valence-corrected chi connectivity index (χ3v) is 1.79. The first-order valence-corrected chi connectivity index (χ1v) is 5.35. The SMILES string of the molecule is CCCC(O)CC(=O)CC(=O)OC(C)C. The number of aliphatic hydroxyl groups is 1. The number of carbonyl (C=O) groups is 2. The average Bonchev–Trinajstić information content (AvgIpc) is 2.00. The summed E-state index contributed by atoms with van der Waals surface area (Å²) in [7, 11) is 0. The maximum atomic E-state index is 11.3. The molecule has 0 aromatic rings. The molecule has 1 N–H and O–H groups in total. The lowest BCUT2D eigenvalue weighted by Gasteiger charge is -2.09. The number of hydrogen-bond donors (Lipinski definition) is 1. The highest BCUT2D eigenvalue weighted by atomic mass is 16.5. The highest BCUT2D eigenvalue weighted by Crippen LogP contribution is 2.05. The fraction of sp³-hybridized carbons (Fsp3) is 0.818. The number of Topliss-reactive ketones (excluding diaryl/α,β-unsaturated/α-hetero) is 1. The van der Waals surface area contributed by atoms with Crippen LogP contribution in [0.2, 0.25) is 0 Å². The van der Waals surface area contributed by atoms with Crippen LogP contribution in [0.5, 0.6) is 0 Å². The van der Waals surface area contributed by atoms with Gasteiger partial charge in [0.2, 0.25) is 0 Å². The van der Waals surface area contributed by atoms with Gasteiger partial charge in [-0.15, -0.1) is 0 Å². The van der Waals surface area contributed by atoms with E-state index in [1.807, 2.05) is 6.92 Å². The molecule has 4 heteroatoms. The lowest BCUT2D eigenvalue weighted by atomic mass is 10.1. The fourth-order valence-electron chi connectivity index (χ4n) is 1.24. The van der Waals surface area contributed by atoms with Crippen molar-refractivity contribution >= 4 is 11.8 Å². The minimum absolute atomic E-state index is 0.0427. The summed E-state index contributed by atoms with van der Waals surface area (Å²) in [6, 6.07) is 0. The number of ether oxygens (including phenoxy) is 1. The Hall–Kier alpha value is -0.900. The van der Waals surface area contributed by atoms with E-state index in [0.717, 1.165) is 6.42 Å². The molecule has 0 fully saturated rings. The minimum Gasteiger partial charge on any atom is -0.463 e. The normalized spacial score (nSPS) is 12.6. The van der Waals surface area contributed by atoms with Crippen LogP contribution in [0.1, 0.15) is 46.5 Å². The van der Waals surface area contributed by atoms with Gasteiger partial charge in [0.15, 0.2) is 0 Å². The summed E-state index contributed by atoms with van der Waals surface area (Å²) in [6.45, 7) is 5.39. The van der Waals surface area contributed by atoms with Crippen LogP contribution in [0, 0.1) is 0 Å². The van der Waals surface area contributed by atoms with Crippen LogP contribution in [0.15, 0.2) is 0 Å². The highest BCUT2D eigenvalue weighted by Gasteiger charge is 2.15. The van der Waals surface area contributed by atoms with Gasteiger partial charge in [-0.05, 0) is 20.3 Å². The zero-order valence-corrected chi connectivity index (χ0v) is 9.66. The summed E-state index contributed by atoms with van der Waals surface area (Å²) < 4.78 is 4.82. The van der Waals surface area contributed by atoms with Gasteiger partial charge in [-0.25, -0.2) is 0 Å². The average molecular weight is 216 g/mol. The van der Waals surface area contributed by atoms with E-state index in [1.54, 1.807) is 13.8 Å². The zero-order chi connectivity index (χ0) is 11.8. The molecule has 0 aliphatic carbocycles. The third kappa shape index (κ3) is 8.12. The van der Waals surface area contributed by atoms with Crippen LogP contribution in [0.4, 0.5) is 0 Å². The Labute approximate surface area is 90.6 Å². The van der Waals surface area contributed by atoms with Gasteiger partial charge in [-0.3, -0.25) is 9.59 Å². The van der Waals surface area contributed by atoms with E-state index in [1.165, 1.54) is 0 Å². The van der Waals surface area contributed by atoms with E-state index < -0.39 is 12.1 Å². The molecule has 4 nitrogen and oxygen atoms in total.